The van der Waals surface area contributed by atoms with Crippen molar-refractivity contribution >= 4 is 38.9 Å². The molecule has 0 amide bonds. The Kier molecular flexibility index (Phi) is 7.84. The second-order valence-corrected chi connectivity index (χ2v) is 9.11. The predicted molar refractivity (Wildman–Crippen MR) is 124 cm³/mol. The quantitative estimate of drug-likeness (QED) is 0.413. The Morgan fingerprint density at radius 2 is 1.69 bits per heavy atom. The van der Waals surface area contributed by atoms with Gasteiger partial charge in [-0.1, -0.05) is 29.3 Å². The zero-order valence-corrected chi connectivity index (χ0v) is 19.4. The summed E-state index contributed by atoms with van der Waals surface area (Å²) < 4.78 is 48.2. The van der Waals surface area contributed by atoms with E-state index in [2.05, 4.69) is 5.32 Å². The molecule has 0 atom stereocenters. The summed E-state index contributed by atoms with van der Waals surface area (Å²) in [7, 11) is -3.75. The smallest absolute Gasteiger partial charge is 0.238 e. The van der Waals surface area contributed by atoms with E-state index in [0.29, 0.717) is 35.4 Å². The molecule has 0 fully saturated rings. The molecule has 3 aromatic rings. The van der Waals surface area contributed by atoms with Gasteiger partial charge in [-0.15, -0.1) is 0 Å². The van der Waals surface area contributed by atoms with E-state index < -0.39 is 15.8 Å². The molecule has 0 unspecified atom stereocenters. The number of primary sulfonamides is 1. The average molecular weight is 499 g/mol. The molecule has 0 heterocycles. The van der Waals surface area contributed by atoms with E-state index >= 15 is 0 Å². The number of nitrogens with one attached hydrogen (secondary N) is 1. The van der Waals surface area contributed by atoms with Gasteiger partial charge < -0.3 is 14.8 Å². The molecule has 10 heteroatoms. The van der Waals surface area contributed by atoms with Gasteiger partial charge in [0.15, 0.2) is 11.5 Å². The molecule has 0 aromatic heterocycles. The summed E-state index contributed by atoms with van der Waals surface area (Å²) in [6.45, 7) is 2.47. The Hall–Kier alpha value is -2.52. The highest BCUT2D eigenvalue weighted by molar-refractivity contribution is 7.89. The Bertz CT molecular complexity index is 1190. The van der Waals surface area contributed by atoms with Crippen LogP contribution in [0.2, 0.25) is 10.0 Å². The molecule has 0 saturated carbocycles. The fourth-order valence-corrected chi connectivity index (χ4v) is 3.83. The first-order chi connectivity index (χ1) is 15.2. The molecule has 0 aliphatic carbocycles. The summed E-state index contributed by atoms with van der Waals surface area (Å²) in [5, 5.41) is 8.95. The summed E-state index contributed by atoms with van der Waals surface area (Å²) in [5.74, 6) is 0.346. The highest BCUT2D eigenvalue weighted by Gasteiger charge is 2.14. The number of halogens is 3. The second-order valence-electron chi connectivity index (χ2n) is 6.74. The Balaban J connectivity index is 1.76. The molecule has 0 saturated heterocycles. The van der Waals surface area contributed by atoms with Crippen molar-refractivity contribution in [1.82, 2.24) is 0 Å². The normalized spacial score (nSPS) is 11.3. The highest BCUT2D eigenvalue weighted by atomic mass is 35.5. The molecule has 3 aromatic carbocycles. The number of benzene rings is 3. The molecule has 0 aliphatic heterocycles. The van der Waals surface area contributed by atoms with E-state index in [-0.39, 0.29) is 22.1 Å². The average Bonchev–Trinajstić information content (AvgIpc) is 2.74. The lowest BCUT2D eigenvalue weighted by Crippen LogP contribution is -2.12. The minimum Gasteiger partial charge on any atom is -0.490 e. The van der Waals surface area contributed by atoms with Crippen LogP contribution in [0.3, 0.4) is 0 Å². The third kappa shape index (κ3) is 6.04. The van der Waals surface area contributed by atoms with E-state index in [4.69, 9.17) is 37.8 Å². The van der Waals surface area contributed by atoms with E-state index in [0.717, 1.165) is 5.56 Å². The summed E-state index contributed by atoms with van der Waals surface area (Å²) in [6.07, 6.45) is 0. The maximum atomic E-state index is 14.0. The fourth-order valence-electron chi connectivity index (χ4n) is 2.87. The lowest BCUT2D eigenvalue weighted by molar-refractivity contribution is 0.265. The first-order valence-corrected chi connectivity index (χ1v) is 11.9. The minimum absolute atomic E-state index is 0.0242. The van der Waals surface area contributed by atoms with Gasteiger partial charge >= 0.3 is 0 Å². The summed E-state index contributed by atoms with van der Waals surface area (Å²) >= 11 is 12.5. The van der Waals surface area contributed by atoms with Crippen LogP contribution in [0.4, 0.5) is 10.1 Å². The monoisotopic (exact) mass is 498 g/mol. The molecule has 0 radical (unpaired) electrons. The third-order valence-corrected chi connectivity index (χ3v) is 6.15. The summed E-state index contributed by atoms with van der Waals surface area (Å²) in [6, 6.07) is 13.8. The van der Waals surface area contributed by atoms with Gasteiger partial charge in [0.05, 0.1) is 16.5 Å². The largest absolute Gasteiger partial charge is 0.490 e. The molecule has 0 aliphatic rings. The summed E-state index contributed by atoms with van der Waals surface area (Å²) in [5.41, 5.74) is 1.64. The number of sulfonamides is 1. The molecule has 6 nitrogen and oxygen atoms in total. The van der Waals surface area contributed by atoms with Crippen LogP contribution in [-0.2, 0) is 23.2 Å². The van der Waals surface area contributed by atoms with Crippen LogP contribution in [0.5, 0.6) is 11.5 Å². The van der Waals surface area contributed by atoms with Gasteiger partial charge in [0.25, 0.3) is 0 Å². The number of rotatable bonds is 9. The molecule has 0 bridgehead atoms. The number of hydrogen-bond acceptors (Lipinski definition) is 5. The molecule has 170 valence electrons. The molecule has 3 N–H and O–H groups in total. The van der Waals surface area contributed by atoms with Crippen molar-refractivity contribution < 1.29 is 22.3 Å². The Labute approximate surface area is 196 Å². The van der Waals surface area contributed by atoms with Crippen LogP contribution in [0.15, 0.2) is 59.5 Å². The van der Waals surface area contributed by atoms with E-state index in [1.165, 1.54) is 24.3 Å². The minimum atomic E-state index is -3.75. The highest BCUT2D eigenvalue weighted by Crippen LogP contribution is 2.35. The van der Waals surface area contributed by atoms with Crippen LogP contribution in [0, 0.1) is 5.82 Å². The van der Waals surface area contributed by atoms with Gasteiger partial charge in [0.1, 0.15) is 12.4 Å². The molecule has 32 heavy (non-hydrogen) atoms. The summed E-state index contributed by atoms with van der Waals surface area (Å²) in [4.78, 5) is 0.0242. The second kappa shape index (κ2) is 10.4. The predicted octanol–water partition coefficient (Wildman–Crippen LogP) is 5.37. The Morgan fingerprint density at radius 1 is 1.00 bits per heavy atom. The SMILES string of the molecule is CCOc1cc(CNc2ccc(S(N)(=O)=O)cc2)c(Cl)cc1OCc1c(F)cccc1Cl. The fraction of sp³-hybridized carbons (Fsp3) is 0.182. The van der Waals surface area contributed by atoms with Crippen molar-refractivity contribution in [2.75, 3.05) is 11.9 Å². The standard InChI is InChI=1S/C22H21Cl2FN2O4S/c1-2-30-21-10-14(12-27-15-6-8-16(9-7-15)32(26,28)29)19(24)11-22(21)31-13-17-18(23)4-3-5-20(17)25/h3-11,27H,2,12-13H2,1H3,(H2,26,28,29). The molecule has 3 rings (SSSR count). The van der Waals surface area contributed by atoms with Crippen molar-refractivity contribution in [1.29, 1.82) is 0 Å². The van der Waals surface area contributed by atoms with Crippen LogP contribution in [0.1, 0.15) is 18.1 Å². The van der Waals surface area contributed by atoms with Crippen LogP contribution in [-0.4, -0.2) is 15.0 Å². The van der Waals surface area contributed by atoms with Gasteiger partial charge in [-0.05, 0) is 55.0 Å². The number of nitrogens with two attached hydrogens (primary N) is 1. The third-order valence-electron chi connectivity index (χ3n) is 4.51. The Morgan fingerprint density at radius 3 is 2.31 bits per heavy atom. The maximum absolute atomic E-state index is 14.0. The number of ether oxygens (including phenoxy) is 2. The van der Waals surface area contributed by atoms with E-state index in [9.17, 15) is 12.8 Å². The zero-order chi connectivity index (χ0) is 23.3. The van der Waals surface area contributed by atoms with Crippen LogP contribution >= 0.6 is 23.2 Å². The van der Waals surface area contributed by atoms with Crippen molar-refractivity contribution in [2.45, 2.75) is 25.0 Å². The lowest BCUT2D eigenvalue weighted by atomic mass is 10.2. The van der Waals surface area contributed by atoms with E-state index in [1.807, 2.05) is 6.92 Å². The first-order valence-electron chi connectivity index (χ1n) is 9.56. The lowest BCUT2D eigenvalue weighted by Gasteiger charge is -2.16. The number of hydrogen-bond donors (Lipinski definition) is 2. The molecular weight excluding hydrogens is 478 g/mol. The van der Waals surface area contributed by atoms with Gasteiger partial charge in [-0.2, -0.15) is 0 Å². The van der Waals surface area contributed by atoms with Crippen molar-refractivity contribution in [2.24, 2.45) is 5.14 Å². The number of anilines is 1. The molecule has 0 spiro atoms. The van der Waals surface area contributed by atoms with Crippen molar-refractivity contribution in [3.05, 3.63) is 81.6 Å². The van der Waals surface area contributed by atoms with E-state index in [1.54, 1.807) is 30.3 Å². The zero-order valence-electron chi connectivity index (χ0n) is 17.1. The van der Waals surface area contributed by atoms with Crippen LogP contribution < -0.4 is 19.9 Å². The van der Waals surface area contributed by atoms with Gasteiger partial charge in [0.2, 0.25) is 10.0 Å². The van der Waals surface area contributed by atoms with Crippen molar-refractivity contribution in [3.63, 3.8) is 0 Å². The molecular formula is C22H21Cl2FN2O4S. The van der Waals surface area contributed by atoms with Crippen LogP contribution in [0.25, 0.3) is 0 Å². The van der Waals surface area contributed by atoms with Gasteiger partial charge in [0, 0.05) is 28.9 Å². The van der Waals surface area contributed by atoms with Gasteiger partial charge in [-0.3, -0.25) is 0 Å². The maximum Gasteiger partial charge on any atom is 0.238 e. The first kappa shape index (κ1) is 24.1. The topological polar surface area (TPSA) is 90.6 Å². The van der Waals surface area contributed by atoms with Gasteiger partial charge in [-0.25, -0.2) is 17.9 Å². The van der Waals surface area contributed by atoms with Crippen molar-refractivity contribution in [3.8, 4) is 11.5 Å².